The Kier molecular flexibility index (Phi) is 3.87. The molecule has 4 heteroatoms. The van der Waals surface area contributed by atoms with Crippen molar-refractivity contribution in [3.63, 3.8) is 0 Å². The molecule has 0 aliphatic carbocycles. The summed E-state index contributed by atoms with van der Waals surface area (Å²) in [6, 6.07) is 5.81. The number of likely N-dealkylation sites (tertiary alicyclic amines) is 1. The van der Waals surface area contributed by atoms with Crippen molar-refractivity contribution in [2.75, 3.05) is 20.2 Å². The maximum Gasteiger partial charge on any atom is 0.227 e. The highest BCUT2D eigenvalue weighted by Crippen LogP contribution is 2.20. The number of methoxy groups -OCH3 is 1. The number of rotatable bonds is 3. The molecular weight excluding hydrogens is 230 g/mol. The minimum absolute atomic E-state index is 0.0671. The first kappa shape index (κ1) is 12.9. The van der Waals surface area contributed by atoms with Crippen molar-refractivity contribution < 1.29 is 14.6 Å². The molecule has 1 fully saturated rings. The molecule has 0 aromatic heterocycles. The van der Waals surface area contributed by atoms with Crippen LogP contribution in [0.3, 0.4) is 0 Å². The summed E-state index contributed by atoms with van der Waals surface area (Å²) in [5.74, 6) is 0.874. The first-order valence-corrected chi connectivity index (χ1v) is 6.19. The number of nitrogens with zero attached hydrogens (tertiary/aromatic N) is 1. The SMILES string of the molecule is COc1cc(CC(=O)N2CCC(O)C2)ccc1C. The number of benzene rings is 1. The molecule has 98 valence electrons. The quantitative estimate of drug-likeness (QED) is 0.874. The van der Waals surface area contributed by atoms with Gasteiger partial charge in [0.1, 0.15) is 5.75 Å². The molecule has 0 bridgehead atoms. The van der Waals surface area contributed by atoms with Crippen LogP contribution >= 0.6 is 0 Å². The molecule has 1 atom stereocenters. The molecule has 18 heavy (non-hydrogen) atoms. The maximum atomic E-state index is 12.0. The van der Waals surface area contributed by atoms with Gasteiger partial charge in [0.25, 0.3) is 0 Å². The zero-order valence-corrected chi connectivity index (χ0v) is 10.8. The highest BCUT2D eigenvalue weighted by atomic mass is 16.5. The second kappa shape index (κ2) is 5.40. The molecule has 0 saturated carbocycles. The van der Waals surface area contributed by atoms with Crippen molar-refractivity contribution in [2.24, 2.45) is 0 Å². The molecule has 2 rings (SSSR count). The van der Waals surface area contributed by atoms with E-state index in [9.17, 15) is 9.90 Å². The predicted octanol–water partition coefficient (Wildman–Crippen LogP) is 1.14. The zero-order chi connectivity index (χ0) is 13.1. The highest BCUT2D eigenvalue weighted by Gasteiger charge is 2.24. The standard InChI is InChI=1S/C14H19NO3/c1-10-3-4-11(7-13(10)18-2)8-14(17)15-6-5-12(16)9-15/h3-4,7,12,16H,5-6,8-9H2,1-2H3. The summed E-state index contributed by atoms with van der Waals surface area (Å²) in [6.07, 6.45) is 0.688. The predicted molar refractivity (Wildman–Crippen MR) is 68.6 cm³/mol. The average molecular weight is 249 g/mol. The number of aliphatic hydroxyl groups excluding tert-OH is 1. The van der Waals surface area contributed by atoms with E-state index < -0.39 is 0 Å². The minimum Gasteiger partial charge on any atom is -0.496 e. The number of aryl methyl sites for hydroxylation is 1. The van der Waals surface area contributed by atoms with Crippen LogP contribution in [0.5, 0.6) is 5.75 Å². The van der Waals surface area contributed by atoms with Gasteiger partial charge in [-0.15, -0.1) is 0 Å². The van der Waals surface area contributed by atoms with Crippen molar-refractivity contribution >= 4 is 5.91 Å². The van der Waals surface area contributed by atoms with Crippen molar-refractivity contribution in [2.45, 2.75) is 25.9 Å². The molecular formula is C14H19NO3. The van der Waals surface area contributed by atoms with Gasteiger partial charge in [0.15, 0.2) is 0 Å². The van der Waals surface area contributed by atoms with Crippen molar-refractivity contribution in [3.05, 3.63) is 29.3 Å². The average Bonchev–Trinajstić information content (AvgIpc) is 2.78. The fourth-order valence-corrected chi connectivity index (χ4v) is 2.23. The van der Waals surface area contributed by atoms with Gasteiger partial charge in [0, 0.05) is 13.1 Å². The van der Waals surface area contributed by atoms with E-state index in [0.717, 1.165) is 16.9 Å². The van der Waals surface area contributed by atoms with Crippen LogP contribution in [0.4, 0.5) is 0 Å². The normalized spacial score (nSPS) is 19.1. The summed E-state index contributed by atoms with van der Waals surface area (Å²) in [4.78, 5) is 13.7. The Hall–Kier alpha value is -1.55. The number of ether oxygens (including phenoxy) is 1. The first-order valence-electron chi connectivity index (χ1n) is 6.19. The van der Waals surface area contributed by atoms with Gasteiger partial charge < -0.3 is 14.7 Å². The van der Waals surface area contributed by atoms with E-state index in [1.165, 1.54) is 0 Å². The van der Waals surface area contributed by atoms with Gasteiger partial charge in [-0.05, 0) is 30.5 Å². The van der Waals surface area contributed by atoms with Gasteiger partial charge in [-0.3, -0.25) is 4.79 Å². The van der Waals surface area contributed by atoms with Crippen LogP contribution in [0.25, 0.3) is 0 Å². The van der Waals surface area contributed by atoms with Gasteiger partial charge >= 0.3 is 0 Å². The fourth-order valence-electron chi connectivity index (χ4n) is 2.23. The lowest BCUT2D eigenvalue weighted by Gasteiger charge is -2.16. The maximum absolute atomic E-state index is 12.0. The van der Waals surface area contributed by atoms with Gasteiger partial charge in [0.2, 0.25) is 5.91 Å². The number of carbonyl (C=O) groups is 1. The van der Waals surface area contributed by atoms with E-state index >= 15 is 0 Å². The molecule has 1 unspecified atom stereocenters. The summed E-state index contributed by atoms with van der Waals surface area (Å²) in [5, 5.41) is 9.42. The Morgan fingerprint density at radius 1 is 1.56 bits per heavy atom. The highest BCUT2D eigenvalue weighted by molar-refractivity contribution is 5.79. The summed E-state index contributed by atoms with van der Waals surface area (Å²) >= 11 is 0. The second-order valence-corrected chi connectivity index (χ2v) is 4.76. The van der Waals surface area contributed by atoms with Crippen molar-refractivity contribution in [1.29, 1.82) is 0 Å². The number of amides is 1. The smallest absolute Gasteiger partial charge is 0.227 e. The third kappa shape index (κ3) is 2.82. The lowest BCUT2D eigenvalue weighted by Crippen LogP contribution is -2.30. The molecule has 1 aliphatic heterocycles. The lowest BCUT2D eigenvalue weighted by atomic mass is 10.1. The molecule has 1 saturated heterocycles. The molecule has 1 N–H and O–H groups in total. The summed E-state index contributed by atoms with van der Waals surface area (Å²) in [6.45, 7) is 3.09. The van der Waals surface area contributed by atoms with Crippen molar-refractivity contribution in [1.82, 2.24) is 4.90 Å². The zero-order valence-electron chi connectivity index (χ0n) is 10.8. The summed E-state index contributed by atoms with van der Waals surface area (Å²) < 4.78 is 5.24. The lowest BCUT2D eigenvalue weighted by molar-refractivity contribution is -0.129. The van der Waals surface area contributed by atoms with E-state index in [0.29, 0.717) is 25.9 Å². The van der Waals surface area contributed by atoms with Crippen LogP contribution < -0.4 is 4.74 Å². The Morgan fingerprint density at radius 3 is 2.94 bits per heavy atom. The number of aliphatic hydroxyl groups is 1. The molecule has 1 aromatic rings. The van der Waals surface area contributed by atoms with E-state index in [-0.39, 0.29) is 12.0 Å². The summed E-state index contributed by atoms with van der Waals surface area (Å²) in [5.41, 5.74) is 2.01. The number of β-amino-alcohol motifs (C(OH)–C–C–N with tert-alkyl or cyclic N) is 1. The second-order valence-electron chi connectivity index (χ2n) is 4.76. The van der Waals surface area contributed by atoms with Gasteiger partial charge in [0.05, 0.1) is 19.6 Å². The fraction of sp³-hybridized carbons (Fsp3) is 0.500. The molecule has 4 nitrogen and oxygen atoms in total. The van der Waals surface area contributed by atoms with Crippen LogP contribution in [-0.2, 0) is 11.2 Å². The third-order valence-corrected chi connectivity index (χ3v) is 3.34. The van der Waals surface area contributed by atoms with Gasteiger partial charge in [-0.1, -0.05) is 12.1 Å². The molecule has 1 aliphatic rings. The van der Waals surface area contributed by atoms with Crippen LogP contribution in [0.15, 0.2) is 18.2 Å². The van der Waals surface area contributed by atoms with Gasteiger partial charge in [-0.25, -0.2) is 0 Å². The first-order chi connectivity index (χ1) is 8.60. The van der Waals surface area contributed by atoms with E-state index in [1.807, 2.05) is 25.1 Å². The third-order valence-electron chi connectivity index (χ3n) is 3.34. The number of hydrogen-bond donors (Lipinski definition) is 1. The number of hydrogen-bond acceptors (Lipinski definition) is 3. The monoisotopic (exact) mass is 249 g/mol. The largest absolute Gasteiger partial charge is 0.496 e. The van der Waals surface area contributed by atoms with Crippen LogP contribution in [-0.4, -0.2) is 42.2 Å². The molecule has 0 spiro atoms. The van der Waals surface area contributed by atoms with E-state index in [2.05, 4.69) is 0 Å². The minimum atomic E-state index is -0.360. The van der Waals surface area contributed by atoms with E-state index in [1.54, 1.807) is 12.0 Å². The van der Waals surface area contributed by atoms with Crippen LogP contribution in [0.1, 0.15) is 17.5 Å². The molecule has 1 amide bonds. The molecule has 1 aromatic carbocycles. The van der Waals surface area contributed by atoms with Crippen molar-refractivity contribution in [3.8, 4) is 5.75 Å². The van der Waals surface area contributed by atoms with E-state index in [4.69, 9.17) is 4.74 Å². The van der Waals surface area contributed by atoms with Crippen LogP contribution in [0.2, 0.25) is 0 Å². The Morgan fingerprint density at radius 2 is 2.33 bits per heavy atom. The Balaban J connectivity index is 2.03. The molecule has 0 radical (unpaired) electrons. The Labute approximate surface area is 107 Å². The van der Waals surface area contributed by atoms with Gasteiger partial charge in [-0.2, -0.15) is 0 Å². The summed E-state index contributed by atoms with van der Waals surface area (Å²) in [7, 11) is 1.63. The molecule has 1 heterocycles. The Bertz CT molecular complexity index is 445. The van der Waals surface area contributed by atoms with Crippen LogP contribution in [0, 0.1) is 6.92 Å². The topological polar surface area (TPSA) is 49.8 Å². The number of carbonyl (C=O) groups excluding carboxylic acids is 1.